The summed E-state index contributed by atoms with van der Waals surface area (Å²) < 4.78 is 0.938. The summed E-state index contributed by atoms with van der Waals surface area (Å²) in [5.74, 6) is -0.0304. The fourth-order valence-corrected chi connectivity index (χ4v) is 3.21. The zero-order chi connectivity index (χ0) is 13.8. The van der Waals surface area contributed by atoms with Gasteiger partial charge in [-0.05, 0) is 53.0 Å². The molecule has 1 aromatic carbocycles. The summed E-state index contributed by atoms with van der Waals surface area (Å²) in [6, 6.07) is 9.59. The van der Waals surface area contributed by atoms with Crippen molar-refractivity contribution in [1.29, 1.82) is 0 Å². The SMILES string of the molecule is C[C@@H](Cc1ccc(Cl)cc1)NC(=O)c1cc(Br)cs1. The lowest BCUT2D eigenvalue weighted by Gasteiger charge is -2.13. The normalized spacial score (nSPS) is 12.2. The quantitative estimate of drug-likeness (QED) is 0.855. The van der Waals surface area contributed by atoms with Crippen LogP contribution in [-0.4, -0.2) is 11.9 Å². The van der Waals surface area contributed by atoms with Gasteiger partial charge in [-0.3, -0.25) is 4.79 Å². The van der Waals surface area contributed by atoms with Crippen molar-refractivity contribution >= 4 is 44.8 Å². The number of hydrogen-bond acceptors (Lipinski definition) is 2. The molecule has 1 heterocycles. The third-order valence-electron chi connectivity index (χ3n) is 2.62. The van der Waals surface area contributed by atoms with Crippen molar-refractivity contribution in [2.45, 2.75) is 19.4 Å². The minimum atomic E-state index is -0.0304. The Morgan fingerprint density at radius 3 is 2.68 bits per heavy atom. The summed E-state index contributed by atoms with van der Waals surface area (Å²) in [7, 11) is 0. The summed E-state index contributed by atoms with van der Waals surface area (Å²) in [4.78, 5) is 12.7. The molecular weight excluding hydrogens is 346 g/mol. The molecule has 0 aliphatic carbocycles. The van der Waals surface area contributed by atoms with E-state index < -0.39 is 0 Å². The molecule has 0 saturated heterocycles. The van der Waals surface area contributed by atoms with Crippen LogP contribution >= 0.6 is 38.9 Å². The lowest BCUT2D eigenvalue weighted by Crippen LogP contribution is -2.33. The van der Waals surface area contributed by atoms with Crippen LogP contribution in [0.5, 0.6) is 0 Å². The highest BCUT2D eigenvalue weighted by atomic mass is 79.9. The van der Waals surface area contributed by atoms with Gasteiger partial charge in [0.25, 0.3) is 5.91 Å². The van der Waals surface area contributed by atoms with Crippen molar-refractivity contribution in [1.82, 2.24) is 5.32 Å². The molecular formula is C14H13BrClNOS. The molecule has 2 aromatic rings. The second-order valence-electron chi connectivity index (χ2n) is 4.33. The summed E-state index contributed by atoms with van der Waals surface area (Å²) in [6.07, 6.45) is 0.787. The smallest absolute Gasteiger partial charge is 0.261 e. The summed E-state index contributed by atoms with van der Waals surface area (Å²) in [6.45, 7) is 2.00. The van der Waals surface area contributed by atoms with Crippen LogP contribution in [0.2, 0.25) is 5.02 Å². The van der Waals surface area contributed by atoms with E-state index in [-0.39, 0.29) is 11.9 Å². The van der Waals surface area contributed by atoms with Crippen molar-refractivity contribution < 1.29 is 4.79 Å². The van der Waals surface area contributed by atoms with Gasteiger partial charge in [0.05, 0.1) is 4.88 Å². The van der Waals surface area contributed by atoms with E-state index in [1.165, 1.54) is 11.3 Å². The first-order chi connectivity index (χ1) is 9.04. The zero-order valence-corrected chi connectivity index (χ0v) is 13.5. The van der Waals surface area contributed by atoms with Crippen LogP contribution in [0, 0.1) is 0 Å². The topological polar surface area (TPSA) is 29.1 Å². The van der Waals surface area contributed by atoms with Crippen LogP contribution < -0.4 is 5.32 Å². The second kappa shape index (κ2) is 6.55. The lowest BCUT2D eigenvalue weighted by molar-refractivity contribution is 0.0944. The first-order valence-corrected chi connectivity index (χ1v) is 7.89. The van der Waals surface area contributed by atoms with Gasteiger partial charge in [0.2, 0.25) is 0 Å². The average molecular weight is 359 g/mol. The van der Waals surface area contributed by atoms with E-state index in [4.69, 9.17) is 11.6 Å². The van der Waals surface area contributed by atoms with Crippen molar-refractivity contribution in [3.63, 3.8) is 0 Å². The highest BCUT2D eigenvalue weighted by molar-refractivity contribution is 9.10. The van der Waals surface area contributed by atoms with E-state index in [1.807, 2.05) is 42.6 Å². The molecule has 0 radical (unpaired) electrons. The number of nitrogens with one attached hydrogen (secondary N) is 1. The first-order valence-electron chi connectivity index (χ1n) is 5.84. The molecule has 0 fully saturated rings. The Morgan fingerprint density at radius 2 is 2.11 bits per heavy atom. The average Bonchev–Trinajstić information content (AvgIpc) is 2.79. The number of amides is 1. The van der Waals surface area contributed by atoms with Gasteiger partial charge in [-0.2, -0.15) is 0 Å². The predicted molar refractivity (Wildman–Crippen MR) is 84.1 cm³/mol. The molecule has 2 rings (SSSR count). The molecule has 1 aromatic heterocycles. The summed E-state index contributed by atoms with van der Waals surface area (Å²) in [5, 5.41) is 5.62. The lowest BCUT2D eigenvalue weighted by atomic mass is 10.1. The van der Waals surface area contributed by atoms with Crippen LogP contribution in [0.3, 0.4) is 0 Å². The molecule has 2 nitrogen and oxygen atoms in total. The zero-order valence-electron chi connectivity index (χ0n) is 10.3. The van der Waals surface area contributed by atoms with Crippen LogP contribution in [-0.2, 0) is 6.42 Å². The van der Waals surface area contributed by atoms with E-state index in [0.29, 0.717) is 0 Å². The van der Waals surface area contributed by atoms with Gasteiger partial charge in [-0.1, -0.05) is 23.7 Å². The number of carbonyl (C=O) groups is 1. The van der Waals surface area contributed by atoms with E-state index in [1.54, 1.807) is 0 Å². The Labute approximate surface area is 129 Å². The number of hydrogen-bond donors (Lipinski definition) is 1. The molecule has 0 aliphatic heterocycles. The van der Waals surface area contributed by atoms with Crippen molar-refractivity contribution in [3.05, 3.63) is 55.6 Å². The summed E-state index contributed by atoms with van der Waals surface area (Å²) >= 11 is 10.6. The largest absolute Gasteiger partial charge is 0.349 e. The monoisotopic (exact) mass is 357 g/mol. The van der Waals surface area contributed by atoms with Gasteiger partial charge in [0, 0.05) is 20.9 Å². The molecule has 0 spiro atoms. The van der Waals surface area contributed by atoms with Crippen molar-refractivity contribution in [2.24, 2.45) is 0 Å². The standard InChI is InChI=1S/C14H13BrClNOS/c1-9(6-10-2-4-12(16)5-3-10)17-14(18)13-7-11(15)8-19-13/h2-5,7-9H,6H2,1H3,(H,17,18)/t9-/m0/s1. The van der Waals surface area contributed by atoms with Crippen LogP contribution in [0.4, 0.5) is 0 Å². The fourth-order valence-electron chi connectivity index (χ4n) is 1.75. The van der Waals surface area contributed by atoms with Gasteiger partial charge < -0.3 is 5.32 Å². The molecule has 100 valence electrons. The van der Waals surface area contributed by atoms with E-state index in [9.17, 15) is 4.79 Å². The molecule has 0 bridgehead atoms. The molecule has 0 saturated carbocycles. The van der Waals surface area contributed by atoms with Crippen molar-refractivity contribution in [3.8, 4) is 0 Å². The number of carbonyl (C=O) groups excluding carboxylic acids is 1. The van der Waals surface area contributed by atoms with Crippen molar-refractivity contribution in [2.75, 3.05) is 0 Å². The van der Waals surface area contributed by atoms with Gasteiger partial charge in [0.15, 0.2) is 0 Å². The molecule has 0 unspecified atom stereocenters. The van der Waals surface area contributed by atoms with Crippen LogP contribution in [0.25, 0.3) is 0 Å². The Kier molecular flexibility index (Phi) is 5.02. The number of benzene rings is 1. The second-order valence-corrected chi connectivity index (χ2v) is 6.60. The molecule has 5 heteroatoms. The number of thiophene rings is 1. The van der Waals surface area contributed by atoms with E-state index in [0.717, 1.165) is 26.4 Å². The molecule has 1 amide bonds. The van der Waals surface area contributed by atoms with Gasteiger partial charge in [0.1, 0.15) is 0 Å². The van der Waals surface area contributed by atoms with E-state index in [2.05, 4.69) is 21.2 Å². The van der Waals surface area contributed by atoms with Crippen LogP contribution in [0.15, 0.2) is 40.2 Å². The molecule has 19 heavy (non-hydrogen) atoms. The Morgan fingerprint density at radius 1 is 1.42 bits per heavy atom. The minimum Gasteiger partial charge on any atom is -0.349 e. The first kappa shape index (κ1) is 14.6. The Balaban J connectivity index is 1.92. The van der Waals surface area contributed by atoms with Gasteiger partial charge >= 0.3 is 0 Å². The number of halogens is 2. The predicted octanol–water partition coefficient (Wildman–Crippen LogP) is 4.53. The highest BCUT2D eigenvalue weighted by Crippen LogP contribution is 2.19. The summed E-state index contributed by atoms with van der Waals surface area (Å²) in [5.41, 5.74) is 1.16. The number of rotatable bonds is 4. The minimum absolute atomic E-state index is 0.0304. The Hall–Kier alpha value is -0.840. The maximum Gasteiger partial charge on any atom is 0.261 e. The molecule has 0 aliphatic rings. The third kappa shape index (κ3) is 4.34. The van der Waals surface area contributed by atoms with E-state index >= 15 is 0 Å². The molecule has 1 N–H and O–H groups in total. The third-order valence-corrected chi connectivity index (χ3v) is 4.57. The fraction of sp³-hybridized carbons (Fsp3) is 0.214. The van der Waals surface area contributed by atoms with Gasteiger partial charge in [-0.15, -0.1) is 11.3 Å². The highest BCUT2D eigenvalue weighted by Gasteiger charge is 2.12. The Bertz CT molecular complexity index is 567. The van der Waals surface area contributed by atoms with Gasteiger partial charge in [-0.25, -0.2) is 0 Å². The van der Waals surface area contributed by atoms with Crippen LogP contribution in [0.1, 0.15) is 22.2 Å². The maximum atomic E-state index is 12.0. The molecule has 1 atom stereocenters. The maximum absolute atomic E-state index is 12.0.